The van der Waals surface area contributed by atoms with Crippen molar-refractivity contribution in [2.75, 3.05) is 32.2 Å². The second kappa shape index (κ2) is 5.60. The predicted molar refractivity (Wildman–Crippen MR) is 66.5 cm³/mol. The molecule has 1 saturated heterocycles. The maximum atomic E-state index is 9.35. The number of nitrogens with zero attached hydrogens (tertiary/aromatic N) is 3. The lowest BCUT2D eigenvalue weighted by Gasteiger charge is -2.19. The SMILES string of the molecule is COC1CN(c2nc(C)ncc2CO)CC1OC. The van der Waals surface area contributed by atoms with Crippen LogP contribution in [-0.2, 0) is 16.1 Å². The third kappa shape index (κ3) is 2.45. The second-order valence-electron chi connectivity index (χ2n) is 4.38. The van der Waals surface area contributed by atoms with Gasteiger partial charge in [-0.3, -0.25) is 0 Å². The van der Waals surface area contributed by atoms with E-state index in [0.717, 1.165) is 11.4 Å². The normalized spacial score (nSPS) is 23.7. The number of ether oxygens (including phenoxy) is 2. The first-order valence-corrected chi connectivity index (χ1v) is 5.93. The molecule has 0 amide bonds. The highest BCUT2D eigenvalue weighted by atomic mass is 16.5. The topological polar surface area (TPSA) is 67.7 Å². The van der Waals surface area contributed by atoms with Crippen molar-refractivity contribution in [1.82, 2.24) is 9.97 Å². The van der Waals surface area contributed by atoms with E-state index in [4.69, 9.17) is 9.47 Å². The molecule has 2 heterocycles. The Labute approximate surface area is 107 Å². The largest absolute Gasteiger partial charge is 0.391 e. The maximum absolute atomic E-state index is 9.35. The Kier molecular flexibility index (Phi) is 4.11. The first kappa shape index (κ1) is 13.2. The lowest BCUT2D eigenvalue weighted by molar-refractivity contribution is -0.00461. The number of aromatic nitrogens is 2. The van der Waals surface area contributed by atoms with Crippen molar-refractivity contribution in [3.63, 3.8) is 0 Å². The van der Waals surface area contributed by atoms with Crippen LogP contribution < -0.4 is 4.90 Å². The summed E-state index contributed by atoms with van der Waals surface area (Å²) in [5.41, 5.74) is 0.729. The molecular formula is C12H19N3O3. The van der Waals surface area contributed by atoms with Crippen LogP contribution in [0.3, 0.4) is 0 Å². The van der Waals surface area contributed by atoms with Crippen molar-refractivity contribution in [3.8, 4) is 0 Å². The number of anilines is 1. The Morgan fingerprint density at radius 3 is 2.44 bits per heavy atom. The number of aliphatic hydroxyl groups excluding tert-OH is 1. The van der Waals surface area contributed by atoms with E-state index in [1.165, 1.54) is 0 Å². The van der Waals surface area contributed by atoms with E-state index in [9.17, 15) is 5.11 Å². The van der Waals surface area contributed by atoms with Gasteiger partial charge in [0.25, 0.3) is 0 Å². The van der Waals surface area contributed by atoms with Crippen LogP contribution in [0.2, 0.25) is 0 Å². The van der Waals surface area contributed by atoms with Gasteiger partial charge in [-0.25, -0.2) is 9.97 Å². The summed E-state index contributed by atoms with van der Waals surface area (Å²) in [7, 11) is 3.36. The molecule has 6 nitrogen and oxygen atoms in total. The van der Waals surface area contributed by atoms with E-state index in [2.05, 4.69) is 14.9 Å². The quantitative estimate of drug-likeness (QED) is 0.822. The minimum absolute atomic E-state index is 0.0248. The van der Waals surface area contributed by atoms with Crippen LogP contribution in [0.5, 0.6) is 0 Å². The molecule has 0 saturated carbocycles. The van der Waals surface area contributed by atoms with Crippen molar-refractivity contribution < 1.29 is 14.6 Å². The van der Waals surface area contributed by atoms with Gasteiger partial charge in [-0.15, -0.1) is 0 Å². The Balaban J connectivity index is 2.24. The van der Waals surface area contributed by atoms with E-state index >= 15 is 0 Å². The molecule has 0 spiro atoms. The van der Waals surface area contributed by atoms with Gasteiger partial charge in [-0.2, -0.15) is 0 Å². The third-order valence-corrected chi connectivity index (χ3v) is 3.25. The number of aliphatic hydroxyl groups is 1. The molecule has 0 radical (unpaired) electrons. The van der Waals surface area contributed by atoms with E-state index in [-0.39, 0.29) is 18.8 Å². The highest BCUT2D eigenvalue weighted by molar-refractivity contribution is 5.47. The van der Waals surface area contributed by atoms with Crippen molar-refractivity contribution in [3.05, 3.63) is 17.6 Å². The number of rotatable bonds is 4. The highest BCUT2D eigenvalue weighted by Gasteiger charge is 2.34. The molecule has 100 valence electrons. The lowest BCUT2D eigenvalue weighted by atomic mass is 10.3. The van der Waals surface area contributed by atoms with Crippen LogP contribution in [0.25, 0.3) is 0 Å². The van der Waals surface area contributed by atoms with E-state index in [1.54, 1.807) is 20.4 Å². The zero-order valence-corrected chi connectivity index (χ0v) is 11.0. The van der Waals surface area contributed by atoms with Gasteiger partial charge in [0.1, 0.15) is 23.9 Å². The fraction of sp³-hybridized carbons (Fsp3) is 0.667. The first-order chi connectivity index (χ1) is 8.69. The summed E-state index contributed by atoms with van der Waals surface area (Å²) in [5, 5.41) is 9.35. The van der Waals surface area contributed by atoms with Crippen LogP contribution in [0.1, 0.15) is 11.4 Å². The van der Waals surface area contributed by atoms with Gasteiger partial charge in [0, 0.05) is 39.1 Å². The van der Waals surface area contributed by atoms with E-state index in [0.29, 0.717) is 18.9 Å². The van der Waals surface area contributed by atoms with Gasteiger partial charge in [0.15, 0.2) is 0 Å². The van der Waals surface area contributed by atoms with Crippen LogP contribution in [0.15, 0.2) is 6.20 Å². The van der Waals surface area contributed by atoms with Crippen LogP contribution in [0, 0.1) is 6.92 Å². The summed E-state index contributed by atoms with van der Waals surface area (Å²) >= 11 is 0. The Hall–Kier alpha value is -1.24. The maximum Gasteiger partial charge on any atom is 0.138 e. The van der Waals surface area contributed by atoms with Crippen molar-refractivity contribution in [2.24, 2.45) is 0 Å². The molecular weight excluding hydrogens is 234 g/mol. The summed E-state index contributed by atoms with van der Waals surface area (Å²) in [6.45, 7) is 3.18. The fourth-order valence-electron chi connectivity index (χ4n) is 2.24. The summed E-state index contributed by atoms with van der Waals surface area (Å²) in [6, 6.07) is 0. The molecule has 2 unspecified atom stereocenters. The molecule has 18 heavy (non-hydrogen) atoms. The molecule has 0 aromatic carbocycles. The smallest absolute Gasteiger partial charge is 0.138 e. The van der Waals surface area contributed by atoms with Gasteiger partial charge in [0.2, 0.25) is 0 Å². The van der Waals surface area contributed by atoms with Crippen LogP contribution >= 0.6 is 0 Å². The molecule has 1 aromatic heterocycles. The molecule has 2 rings (SSSR count). The first-order valence-electron chi connectivity index (χ1n) is 5.93. The van der Waals surface area contributed by atoms with Crippen LogP contribution in [0.4, 0.5) is 5.82 Å². The highest BCUT2D eigenvalue weighted by Crippen LogP contribution is 2.24. The zero-order valence-electron chi connectivity index (χ0n) is 11.0. The van der Waals surface area contributed by atoms with Gasteiger partial charge in [-0.05, 0) is 6.92 Å². The molecule has 1 aliphatic heterocycles. The number of methoxy groups -OCH3 is 2. The average molecular weight is 253 g/mol. The molecule has 1 aromatic rings. The fourth-order valence-corrected chi connectivity index (χ4v) is 2.24. The Morgan fingerprint density at radius 1 is 1.33 bits per heavy atom. The summed E-state index contributed by atoms with van der Waals surface area (Å²) in [4.78, 5) is 10.6. The summed E-state index contributed by atoms with van der Waals surface area (Å²) in [6.07, 6.45) is 1.72. The van der Waals surface area contributed by atoms with Gasteiger partial charge >= 0.3 is 0 Å². The monoisotopic (exact) mass is 253 g/mol. The third-order valence-electron chi connectivity index (χ3n) is 3.25. The predicted octanol–water partition coefficient (Wildman–Crippen LogP) is 0.127. The van der Waals surface area contributed by atoms with E-state index in [1.807, 2.05) is 6.92 Å². The second-order valence-corrected chi connectivity index (χ2v) is 4.38. The minimum atomic E-state index is -0.0680. The van der Waals surface area contributed by atoms with Gasteiger partial charge in [0.05, 0.1) is 6.61 Å². The van der Waals surface area contributed by atoms with Crippen LogP contribution in [-0.4, -0.2) is 54.6 Å². The van der Waals surface area contributed by atoms with Crippen molar-refractivity contribution >= 4 is 5.82 Å². The molecule has 6 heteroatoms. The average Bonchev–Trinajstić information content (AvgIpc) is 2.81. The van der Waals surface area contributed by atoms with Gasteiger partial charge in [-0.1, -0.05) is 0 Å². The standard InChI is InChI=1S/C12H19N3O3/c1-8-13-4-9(7-16)12(14-8)15-5-10(17-2)11(6-15)18-3/h4,10-11,16H,5-7H2,1-3H3. The Morgan fingerprint density at radius 2 is 1.94 bits per heavy atom. The molecule has 1 aliphatic rings. The Bertz CT molecular complexity index is 402. The molecule has 1 fully saturated rings. The number of hydrogen-bond acceptors (Lipinski definition) is 6. The zero-order chi connectivity index (χ0) is 13.1. The minimum Gasteiger partial charge on any atom is -0.391 e. The number of hydrogen-bond donors (Lipinski definition) is 1. The summed E-state index contributed by atoms with van der Waals surface area (Å²) < 4.78 is 10.8. The van der Waals surface area contributed by atoms with Crippen molar-refractivity contribution in [2.45, 2.75) is 25.7 Å². The lowest BCUT2D eigenvalue weighted by Crippen LogP contribution is -2.27. The molecule has 0 bridgehead atoms. The molecule has 0 aliphatic carbocycles. The van der Waals surface area contributed by atoms with Gasteiger partial charge < -0.3 is 19.5 Å². The molecule has 2 atom stereocenters. The van der Waals surface area contributed by atoms with Crippen molar-refractivity contribution in [1.29, 1.82) is 0 Å². The number of aryl methyl sites for hydroxylation is 1. The van der Waals surface area contributed by atoms with E-state index < -0.39 is 0 Å². The molecule has 1 N–H and O–H groups in total. The summed E-state index contributed by atoms with van der Waals surface area (Å²) in [5.74, 6) is 1.46.